The molecule has 0 aliphatic carbocycles. The van der Waals surface area contributed by atoms with E-state index in [9.17, 15) is 0 Å². The van der Waals surface area contributed by atoms with Gasteiger partial charge in [0.1, 0.15) is 0 Å². The Morgan fingerprint density at radius 1 is 0.183 bits per heavy atom. The van der Waals surface area contributed by atoms with Crippen LogP contribution >= 0.6 is 0 Å². The molecule has 0 spiro atoms. The molecular formula is C76H48N6. The van der Waals surface area contributed by atoms with Gasteiger partial charge in [-0.1, -0.05) is 176 Å². The van der Waals surface area contributed by atoms with Crippen molar-refractivity contribution in [1.82, 2.24) is 28.2 Å². The summed E-state index contributed by atoms with van der Waals surface area (Å²) in [6.45, 7) is 0. The first-order valence-electron chi connectivity index (χ1n) is 27.9. The Morgan fingerprint density at radius 3 is 1.00 bits per heavy atom. The lowest BCUT2D eigenvalue weighted by atomic mass is 9.98. The summed E-state index contributed by atoms with van der Waals surface area (Å²) < 4.78 is 9.81. The SMILES string of the molecule is c1ccc(-c2ccc3c(c2)c2ccc4c5ccccc5n(-c5ccncc5)c4c2n3-c2ccc(-c3cccc(-c4cccc(-n5c6ccc(-c7ccccc7)cc6c6ccc7c8ccccc8n(-c8ccncc8)c7c65)c4)c3)cc2)cc1. The summed E-state index contributed by atoms with van der Waals surface area (Å²) in [5.41, 5.74) is 23.0. The first kappa shape index (κ1) is 45.9. The third-order valence-corrected chi connectivity index (χ3v) is 16.9. The number of hydrogen-bond donors (Lipinski definition) is 0. The second kappa shape index (κ2) is 18.2. The molecule has 6 aromatic heterocycles. The molecule has 17 rings (SSSR count). The first-order valence-corrected chi connectivity index (χ1v) is 27.9. The van der Waals surface area contributed by atoms with Crippen molar-refractivity contribution in [2.75, 3.05) is 0 Å². The van der Waals surface area contributed by atoms with E-state index >= 15 is 0 Å². The largest absolute Gasteiger partial charge is 0.307 e. The van der Waals surface area contributed by atoms with Crippen molar-refractivity contribution in [2.24, 2.45) is 0 Å². The van der Waals surface area contributed by atoms with Crippen LogP contribution in [0.4, 0.5) is 0 Å². The van der Waals surface area contributed by atoms with Crippen molar-refractivity contribution in [3.05, 3.63) is 292 Å². The second-order valence-corrected chi connectivity index (χ2v) is 21.4. The molecule has 6 nitrogen and oxygen atoms in total. The molecule has 0 aliphatic heterocycles. The van der Waals surface area contributed by atoms with Gasteiger partial charge in [-0.2, -0.15) is 0 Å². The zero-order valence-corrected chi connectivity index (χ0v) is 44.4. The molecule has 6 heteroatoms. The fourth-order valence-corrected chi connectivity index (χ4v) is 13.3. The van der Waals surface area contributed by atoms with E-state index in [0.29, 0.717) is 0 Å². The molecule has 0 aliphatic rings. The fourth-order valence-electron chi connectivity index (χ4n) is 13.3. The number of para-hydroxylation sites is 2. The Kier molecular flexibility index (Phi) is 10.2. The highest BCUT2D eigenvalue weighted by Gasteiger charge is 2.24. The fraction of sp³-hybridized carbons (Fsp3) is 0. The van der Waals surface area contributed by atoms with Crippen molar-refractivity contribution in [3.8, 4) is 67.3 Å². The van der Waals surface area contributed by atoms with E-state index in [0.717, 1.165) is 78.1 Å². The molecule has 6 heterocycles. The van der Waals surface area contributed by atoms with Crippen molar-refractivity contribution in [1.29, 1.82) is 0 Å². The average Bonchev–Trinajstić information content (AvgIpc) is 2.14. The third kappa shape index (κ3) is 7.01. The highest BCUT2D eigenvalue weighted by Crippen LogP contribution is 2.45. The van der Waals surface area contributed by atoms with Gasteiger partial charge in [-0.25, -0.2) is 0 Å². The van der Waals surface area contributed by atoms with Crippen LogP contribution in [0.25, 0.3) is 154 Å². The summed E-state index contributed by atoms with van der Waals surface area (Å²) in [5.74, 6) is 0. The lowest BCUT2D eigenvalue weighted by molar-refractivity contribution is 1.14. The van der Waals surface area contributed by atoms with Gasteiger partial charge >= 0.3 is 0 Å². The molecule has 82 heavy (non-hydrogen) atoms. The molecule has 0 bridgehead atoms. The molecule has 0 atom stereocenters. The van der Waals surface area contributed by atoms with Crippen LogP contribution in [0.5, 0.6) is 0 Å². The molecular weight excluding hydrogens is 997 g/mol. The molecule has 0 N–H and O–H groups in total. The number of nitrogens with zero attached hydrogens (tertiary/aromatic N) is 6. The van der Waals surface area contributed by atoms with Gasteiger partial charge in [0.15, 0.2) is 0 Å². The molecule has 0 unspecified atom stereocenters. The van der Waals surface area contributed by atoms with Crippen LogP contribution in [0.15, 0.2) is 292 Å². The smallest absolute Gasteiger partial charge is 0.0788 e. The maximum atomic E-state index is 4.43. The summed E-state index contributed by atoms with van der Waals surface area (Å²) in [4.78, 5) is 8.85. The Morgan fingerprint density at radius 2 is 0.512 bits per heavy atom. The molecule has 382 valence electrons. The maximum absolute atomic E-state index is 4.43. The molecule has 0 saturated carbocycles. The van der Waals surface area contributed by atoms with Crippen LogP contribution in [0.3, 0.4) is 0 Å². The Bertz CT molecular complexity index is 5360. The van der Waals surface area contributed by atoms with Crippen molar-refractivity contribution >= 4 is 87.2 Å². The summed E-state index contributed by atoms with van der Waals surface area (Å²) in [6, 6.07) is 97.8. The van der Waals surface area contributed by atoms with Crippen molar-refractivity contribution < 1.29 is 0 Å². The van der Waals surface area contributed by atoms with E-state index in [1.165, 1.54) is 76.4 Å². The lowest BCUT2D eigenvalue weighted by Crippen LogP contribution is -1.99. The van der Waals surface area contributed by atoms with Crippen LogP contribution in [0.2, 0.25) is 0 Å². The lowest BCUT2D eigenvalue weighted by Gasteiger charge is -2.14. The van der Waals surface area contributed by atoms with Gasteiger partial charge in [0.2, 0.25) is 0 Å². The summed E-state index contributed by atoms with van der Waals surface area (Å²) >= 11 is 0. The van der Waals surface area contributed by atoms with Gasteiger partial charge in [0.05, 0.1) is 44.1 Å². The first-order chi connectivity index (χ1) is 40.7. The Labute approximate surface area is 471 Å². The predicted molar refractivity (Wildman–Crippen MR) is 341 cm³/mol. The minimum absolute atomic E-state index is 1.07. The van der Waals surface area contributed by atoms with Crippen LogP contribution < -0.4 is 0 Å². The maximum Gasteiger partial charge on any atom is 0.0788 e. The van der Waals surface area contributed by atoms with Crippen LogP contribution in [0.1, 0.15) is 0 Å². The van der Waals surface area contributed by atoms with Gasteiger partial charge in [0, 0.05) is 90.6 Å². The van der Waals surface area contributed by atoms with Gasteiger partial charge < -0.3 is 18.3 Å². The number of aromatic nitrogens is 6. The van der Waals surface area contributed by atoms with Crippen LogP contribution in [-0.2, 0) is 0 Å². The minimum atomic E-state index is 1.07. The second-order valence-electron chi connectivity index (χ2n) is 21.4. The Hall–Kier alpha value is -11.1. The minimum Gasteiger partial charge on any atom is -0.307 e. The summed E-state index contributed by atoms with van der Waals surface area (Å²) in [6.07, 6.45) is 7.55. The molecule has 0 saturated heterocycles. The normalized spacial score (nSPS) is 11.9. The highest BCUT2D eigenvalue weighted by molar-refractivity contribution is 6.26. The van der Waals surface area contributed by atoms with Crippen LogP contribution in [-0.4, -0.2) is 28.2 Å². The molecule has 0 fully saturated rings. The topological polar surface area (TPSA) is 45.5 Å². The third-order valence-electron chi connectivity index (χ3n) is 16.9. The van der Waals surface area contributed by atoms with Crippen molar-refractivity contribution in [3.63, 3.8) is 0 Å². The zero-order valence-electron chi connectivity index (χ0n) is 44.4. The monoisotopic (exact) mass is 1040 g/mol. The number of benzene rings is 11. The number of fused-ring (bicyclic) bond motifs is 14. The van der Waals surface area contributed by atoms with E-state index in [-0.39, 0.29) is 0 Å². The quantitative estimate of drug-likeness (QED) is 0.152. The molecule has 11 aromatic carbocycles. The molecule has 0 radical (unpaired) electrons. The summed E-state index contributed by atoms with van der Waals surface area (Å²) in [7, 11) is 0. The van der Waals surface area contributed by atoms with Gasteiger partial charge in [-0.05, 0) is 136 Å². The van der Waals surface area contributed by atoms with E-state index in [2.05, 4.69) is 295 Å². The van der Waals surface area contributed by atoms with E-state index in [4.69, 9.17) is 0 Å². The van der Waals surface area contributed by atoms with Gasteiger partial charge in [-0.15, -0.1) is 0 Å². The van der Waals surface area contributed by atoms with Gasteiger partial charge in [0.25, 0.3) is 0 Å². The molecule has 0 amide bonds. The van der Waals surface area contributed by atoms with Gasteiger partial charge in [-0.3, -0.25) is 9.97 Å². The zero-order chi connectivity index (χ0) is 53.8. The highest BCUT2D eigenvalue weighted by atomic mass is 15.1. The average molecular weight is 1050 g/mol. The number of rotatable bonds is 8. The molecule has 17 aromatic rings. The van der Waals surface area contributed by atoms with E-state index in [1.807, 2.05) is 24.8 Å². The summed E-state index contributed by atoms with van der Waals surface area (Å²) in [5, 5.41) is 9.67. The predicted octanol–water partition coefficient (Wildman–Crippen LogP) is 19.5. The number of pyridine rings is 2. The van der Waals surface area contributed by atoms with Crippen LogP contribution in [0, 0.1) is 0 Å². The Balaban J connectivity index is 0.820. The number of hydrogen-bond acceptors (Lipinski definition) is 2. The van der Waals surface area contributed by atoms with E-state index < -0.39 is 0 Å². The van der Waals surface area contributed by atoms with E-state index in [1.54, 1.807) is 0 Å². The van der Waals surface area contributed by atoms with Crippen molar-refractivity contribution in [2.45, 2.75) is 0 Å². The standard InChI is InChI=1S/C76H48N6/c1-3-13-49(14-4-1)55-27-35-71-67(47-55)65-33-31-63-61-21-7-9-23-69(61)80(58-37-41-77-42-38-58)73(63)75(65)79(71)57-29-25-51(26-30-57)52-17-11-18-53(45-52)54-19-12-20-60(46-54)82-72-36-28-56(50-15-5-2-6-16-50)48-68(72)66-34-32-64-62-22-8-10-24-70(62)81(74(64)76(66)82)59-39-43-78-44-40-59/h1-48H.